The monoisotopic (exact) mass is 521 g/mol. The molecule has 1 N–H and O–H groups in total. The number of nitrogens with zero attached hydrogens (tertiary/aromatic N) is 2. The zero-order valence-corrected chi connectivity index (χ0v) is 20.8. The van der Waals surface area contributed by atoms with Crippen LogP contribution in [0.5, 0.6) is 11.5 Å². The molecule has 0 fully saturated rings. The molecule has 1 aromatic heterocycles. The summed E-state index contributed by atoms with van der Waals surface area (Å²) in [5, 5.41) is 3.01. The van der Waals surface area contributed by atoms with Gasteiger partial charge in [0.15, 0.2) is 0 Å². The van der Waals surface area contributed by atoms with E-state index >= 15 is 0 Å². The number of halogens is 1. The lowest BCUT2D eigenvalue weighted by molar-refractivity contribution is 0.0954. The smallest absolute Gasteiger partial charge is 0.251 e. The van der Waals surface area contributed by atoms with E-state index in [1.807, 2.05) is 66.7 Å². The van der Waals surface area contributed by atoms with Crippen LogP contribution in [0.2, 0.25) is 0 Å². The van der Waals surface area contributed by atoms with E-state index in [4.69, 9.17) is 14.5 Å². The Morgan fingerprint density at radius 2 is 1.79 bits per heavy atom. The van der Waals surface area contributed by atoms with Crippen LogP contribution in [-0.2, 0) is 13.0 Å². The Labute approximate surface area is 208 Å². The van der Waals surface area contributed by atoms with Crippen LogP contribution in [0, 0.1) is 0 Å². The fourth-order valence-electron chi connectivity index (χ4n) is 3.82. The summed E-state index contributed by atoms with van der Waals surface area (Å²) in [6.07, 6.45) is 2.56. The van der Waals surface area contributed by atoms with Crippen molar-refractivity contribution in [2.45, 2.75) is 25.8 Å². The first-order chi connectivity index (χ1) is 16.6. The number of para-hydroxylation sites is 2. The summed E-state index contributed by atoms with van der Waals surface area (Å²) in [5.41, 5.74) is 2.73. The van der Waals surface area contributed by atoms with Crippen molar-refractivity contribution in [3.8, 4) is 11.5 Å². The molecule has 0 saturated carbocycles. The minimum absolute atomic E-state index is 0.0837. The van der Waals surface area contributed by atoms with E-state index < -0.39 is 0 Å². The Kier molecular flexibility index (Phi) is 8.20. The number of hydrogen-bond acceptors (Lipinski definition) is 4. The van der Waals surface area contributed by atoms with E-state index in [9.17, 15) is 4.79 Å². The van der Waals surface area contributed by atoms with Crippen molar-refractivity contribution >= 4 is 32.9 Å². The van der Waals surface area contributed by atoms with Crippen LogP contribution < -0.4 is 14.8 Å². The third-order valence-electron chi connectivity index (χ3n) is 5.56. The standard InChI is InChI=1S/C27H28BrN3O3/c1-33-22-11-13-23(14-12-22)34-18-5-4-17-31-25-10-3-2-9-24(25)30-26(31)15-16-29-27(32)20-7-6-8-21(28)19-20/h2-3,6-14,19H,4-5,15-18H2,1H3,(H,29,32). The van der Waals surface area contributed by atoms with Crippen molar-refractivity contribution in [2.24, 2.45) is 0 Å². The van der Waals surface area contributed by atoms with E-state index in [0.717, 1.165) is 52.2 Å². The van der Waals surface area contributed by atoms with Crippen molar-refractivity contribution in [2.75, 3.05) is 20.3 Å². The highest BCUT2D eigenvalue weighted by atomic mass is 79.9. The van der Waals surface area contributed by atoms with Gasteiger partial charge < -0.3 is 19.4 Å². The highest BCUT2D eigenvalue weighted by Gasteiger charge is 2.11. The van der Waals surface area contributed by atoms with Gasteiger partial charge in [-0.1, -0.05) is 34.1 Å². The number of amides is 1. The summed E-state index contributed by atoms with van der Waals surface area (Å²) < 4.78 is 14.2. The van der Waals surface area contributed by atoms with Gasteiger partial charge in [-0.05, 0) is 67.4 Å². The Morgan fingerprint density at radius 3 is 2.59 bits per heavy atom. The summed E-state index contributed by atoms with van der Waals surface area (Å²) in [7, 11) is 1.65. The molecular weight excluding hydrogens is 494 g/mol. The number of aryl methyl sites for hydroxylation is 1. The number of benzene rings is 3. The lowest BCUT2D eigenvalue weighted by Gasteiger charge is -2.11. The maximum absolute atomic E-state index is 12.5. The normalized spacial score (nSPS) is 10.9. The third-order valence-corrected chi connectivity index (χ3v) is 6.05. The number of hydrogen-bond donors (Lipinski definition) is 1. The fraction of sp³-hybridized carbons (Fsp3) is 0.259. The van der Waals surface area contributed by atoms with Crippen molar-refractivity contribution in [3.05, 3.63) is 88.7 Å². The lowest BCUT2D eigenvalue weighted by atomic mass is 10.2. The van der Waals surface area contributed by atoms with Gasteiger partial charge in [0, 0.05) is 29.5 Å². The van der Waals surface area contributed by atoms with Gasteiger partial charge in [-0.3, -0.25) is 4.79 Å². The molecule has 1 heterocycles. The Bertz CT molecular complexity index is 1240. The van der Waals surface area contributed by atoms with Crippen molar-refractivity contribution in [1.29, 1.82) is 0 Å². The van der Waals surface area contributed by atoms with E-state index in [2.05, 4.69) is 31.9 Å². The lowest BCUT2D eigenvalue weighted by Crippen LogP contribution is -2.26. The van der Waals surface area contributed by atoms with Crippen LogP contribution in [0.3, 0.4) is 0 Å². The molecule has 7 heteroatoms. The van der Waals surface area contributed by atoms with E-state index in [-0.39, 0.29) is 5.91 Å². The molecule has 0 aliphatic heterocycles. The molecule has 0 aliphatic carbocycles. The Hall–Kier alpha value is -3.32. The molecule has 0 bridgehead atoms. The zero-order chi connectivity index (χ0) is 23.8. The first-order valence-electron chi connectivity index (χ1n) is 11.4. The first kappa shape index (κ1) is 23.8. The van der Waals surface area contributed by atoms with Crippen LogP contribution in [0.4, 0.5) is 0 Å². The van der Waals surface area contributed by atoms with Crippen LogP contribution in [0.15, 0.2) is 77.3 Å². The van der Waals surface area contributed by atoms with Crippen LogP contribution in [0.1, 0.15) is 29.0 Å². The van der Waals surface area contributed by atoms with Gasteiger partial charge in [0.2, 0.25) is 0 Å². The molecule has 4 rings (SSSR count). The van der Waals surface area contributed by atoms with E-state index in [0.29, 0.717) is 25.1 Å². The van der Waals surface area contributed by atoms with Crippen LogP contribution >= 0.6 is 15.9 Å². The number of nitrogens with one attached hydrogen (secondary N) is 1. The Balaban J connectivity index is 1.32. The summed E-state index contributed by atoms with van der Waals surface area (Å²) in [6, 6.07) is 23.2. The summed E-state index contributed by atoms with van der Waals surface area (Å²) in [6.45, 7) is 2.02. The molecule has 0 spiro atoms. The molecule has 1 amide bonds. The average molecular weight is 522 g/mol. The number of methoxy groups -OCH3 is 1. The molecule has 0 radical (unpaired) electrons. The highest BCUT2D eigenvalue weighted by molar-refractivity contribution is 9.10. The number of carbonyl (C=O) groups excluding carboxylic acids is 1. The molecule has 0 saturated heterocycles. The molecule has 0 atom stereocenters. The number of rotatable bonds is 11. The number of fused-ring (bicyclic) bond motifs is 1. The average Bonchev–Trinajstić information content (AvgIpc) is 3.21. The second-order valence-electron chi connectivity index (χ2n) is 7.92. The number of aromatic nitrogens is 2. The molecule has 176 valence electrons. The van der Waals surface area contributed by atoms with Crippen LogP contribution in [-0.4, -0.2) is 35.7 Å². The Morgan fingerprint density at radius 1 is 1.00 bits per heavy atom. The van der Waals surface area contributed by atoms with Gasteiger partial charge in [-0.15, -0.1) is 0 Å². The molecule has 4 aromatic rings. The van der Waals surface area contributed by atoms with Gasteiger partial charge in [0.1, 0.15) is 17.3 Å². The third kappa shape index (κ3) is 6.17. The number of carbonyl (C=O) groups is 1. The van der Waals surface area contributed by atoms with Gasteiger partial charge in [-0.2, -0.15) is 0 Å². The van der Waals surface area contributed by atoms with Gasteiger partial charge in [-0.25, -0.2) is 4.98 Å². The predicted molar refractivity (Wildman–Crippen MR) is 138 cm³/mol. The zero-order valence-electron chi connectivity index (χ0n) is 19.2. The molecule has 0 unspecified atom stereocenters. The van der Waals surface area contributed by atoms with Gasteiger partial charge in [0.25, 0.3) is 5.91 Å². The molecule has 3 aromatic carbocycles. The second-order valence-corrected chi connectivity index (χ2v) is 8.83. The largest absolute Gasteiger partial charge is 0.497 e. The predicted octanol–water partition coefficient (Wildman–Crippen LogP) is 5.64. The van der Waals surface area contributed by atoms with Crippen molar-refractivity contribution in [3.63, 3.8) is 0 Å². The maximum atomic E-state index is 12.5. The fourth-order valence-corrected chi connectivity index (χ4v) is 4.22. The van der Waals surface area contributed by atoms with Crippen molar-refractivity contribution in [1.82, 2.24) is 14.9 Å². The topological polar surface area (TPSA) is 65.4 Å². The number of ether oxygens (including phenoxy) is 2. The minimum Gasteiger partial charge on any atom is -0.497 e. The summed E-state index contributed by atoms with van der Waals surface area (Å²) >= 11 is 3.41. The molecule has 0 aliphatic rings. The molecular formula is C27H28BrN3O3. The molecule has 6 nitrogen and oxygen atoms in total. The van der Waals surface area contributed by atoms with Gasteiger partial charge >= 0.3 is 0 Å². The maximum Gasteiger partial charge on any atom is 0.251 e. The number of imidazole rings is 1. The van der Waals surface area contributed by atoms with E-state index in [1.165, 1.54) is 0 Å². The minimum atomic E-state index is -0.0837. The highest BCUT2D eigenvalue weighted by Crippen LogP contribution is 2.19. The quantitative estimate of drug-likeness (QED) is 0.259. The van der Waals surface area contributed by atoms with Gasteiger partial charge in [0.05, 0.1) is 24.8 Å². The number of unbranched alkanes of at least 4 members (excludes halogenated alkanes) is 1. The first-order valence-corrected chi connectivity index (χ1v) is 12.2. The van der Waals surface area contributed by atoms with Crippen molar-refractivity contribution < 1.29 is 14.3 Å². The van der Waals surface area contributed by atoms with E-state index in [1.54, 1.807) is 7.11 Å². The molecule has 34 heavy (non-hydrogen) atoms. The second kappa shape index (κ2) is 11.7. The van der Waals surface area contributed by atoms with Crippen LogP contribution in [0.25, 0.3) is 11.0 Å². The summed E-state index contributed by atoms with van der Waals surface area (Å²) in [5.74, 6) is 2.56. The SMILES string of the molecule is COc1ccc(OCCCCn2c(CCNC(=O)c3cccc(Br)c3)nc3ccccc32)cc1. The summed E-state index contributed by atoms with van der Waals surface area (Å²) in [4.78, 5) is 17.3.